The van der Waals surface area contributed by atoms with Crippen molar-refractivity contribution in [1.82, 2.24) is 9.80 Å². The maximum atomic E-state index is 3.80. The molecule has 4 unspecified atom stereocenters. The van der Waals surface area contributed by atoms with E-state index in [-0.39, 0.29) is 0 Å². The van der Waals surface area contributed by atoms with Crippen molar-refractivity contribution in [3.63, 3.8) is 0 Å². The first-order valence-corrected chi connectivity index (χ1v) is 29.4. The van der Waals surface area contributed by atoms with Gasteiger partial charge in [0.15, 0.2) is 0 Å². The fraction of sp³-hybridized carbons (Fsp3) is 0.933. The lowest BCUT2D eigenvalue weighted by atomic mass is 9.89. The molecule has 0 aromatic carbocycles. The third kappa shape index (κ3) is 19.1. The molecule has 354 valence electrons. The van der Waals surface area contributed by atoms with Crippen LogP contribution in [0.1, 0.15) is 308 Å². The summed E-state index contributed by atoms with van der Waals surface area (Å²) in [5.74, 6) is 15.8. The summed E-state index contributed by atoms with van der Waals surface area (Å²) in [6.07, 6.45) is 69.4. The predicted octanol–water partition coefficient (Wildman–Crippen LogP) is 17.8. The van der Waals surface area contributed by atoms with E-state index in [2.05, 4.69) is 33.5 Å². The van der Waals surface area contributed by atoms with Gasteiger partial charge in [-0.05, 0) is 115 Å². The van der Waals surface area contributed by atoms with Gasteiger partial charge in [-0.3, -0.25) is 9.80 Å². The van der Waals surface area contributed by atoms with Gasteiger partial charge in [-0.15, -0.1) is 0 Å². The molecule has 0 aromatic rings. The number of hydrogen-bond donors (Lipinski definition) is 0. The van der Waals surface area contributed by atoms with Crippen molar-refractivity contribution in [2.45, 2.75) is 344 Å². The second-order valence-corrected chi connectivity index (χ2v) is 22.7. The van der Waals surface area contributed by atoms with Crippen molar-refractivity contribution in [3.05, 3.63) is 0 Å². The van der Waals surface area contributed by atoms with Gasteiger partial charge in [0.25, 0.3) is 0 Å². The summed E-state index contributed by atoms with van der Waals surface area (Å²) < 4.78 is 0. The summed E-state index contributed by atoms with van der Waals surface area (Å²) in [7, 11) is 0. The lowest BCUT2D eigenvalue weighted by molar-refractivity contribution is 0.0418. The van der Waals surface area contributed by atoms with E-state index in [9.17, 15) is 0 Å². The van der Waals surface area contributed by atoms with Gasteiger partial charge in [0, 0.05) is 48.1 Å². The minimum absolute atomic E-state index is 0.557. The highest BCUT2D eigenvalue weighted by molar-refractivity contribution is 5.28. The Balaban J connectivity index is 1.04. The molecule has 6 rings (SSSR count). The molecule has 62 heavy (non-hydrogen) atoms. The van der Waals surface area contributed by atoms with E-state index in [1.807, 2.05) is 0 Å². The molecule has 0 radical (unpaired) electrons. The molecule has 0 heterocycles. The highest BCUT2D eigenvalue weighted by Gasteiger charge is 2.34. The fourth-order valence-electron chi connectivity index (χ4n) is 14.3. The first kappa shape index (κ1) is 50.5. The van der Waals surface area contributed by atoms with E-state index in [1.165, 1.54) is 308 Å². The van der Waals surface area contributed by atoms with Crippen molar-refractivity contribution < 1.29 is 0 Å². The van der Waals surface area contributed by atoms with E-state index in [0.29, 0.717) is 11.8 Å². The van der Waals surface area contributed by atoms with Gasteiger partial charge in [0.2, 0.25) is 0 Å². The van der Waals surface area contributed by atoms with E-state index >= 15 is 0 Å². The standard InChI is InChI=1S/C60H104N2/c1-3-11-19-41-55(42-20-12-4-1)61(57-45-23-15-7-8-16-24-46-57)59-49-31-29-37-53(39-33-51-59)35-27-28-36-54-38-30-32-50-60(52-34-40-54)62(58-47-25-17-9-10-18-26-48-58)56-43-21-13-5-2-6-14-22-44-56/h53-60H,1-26,29-34,37-52H2. The smallest absolute Gasteiger partial charge is 0.0213 e. The van der Waals surface area contributed by atoms with Gasteiger partial charge < -0.3 is 0 Å². The quantitative estimate of drug-likeness (QED) is 0.246. The van der Waals surface area contributed by atoms with E-state index in [4.69, 9.17) is 0 Å². The van der Waals surface area contributed by atoms with Crippen LogP contribution in [0.25, 0.3) is 0 Å². The molecule has 0 spiro atoms. The second-order valence-electron chi connectivity index (χ2n) is 22.7. The largest absolute Gasteiger partial charge is 0.294 e. The molecule has 2 nitrogen and oxygen atoms in total. The molecule has 2 heteroatoms. The lowest BCUT2D eigenvalue weighted by Crippen LogP contribution is -2.50. The number of nitrogens with zero attached hydrogens (tertiary/aromatic N) is 2. The fourth-order valence-corrected chi connectivity index (χ4v) is 14.3. The zero-order valence-electron chi connectivity index (χ0n) is 41.5. The Bertz CT molecular complexity index is 1110. The molecule has 0 bridgehead atoms. The van der Waals surface area contributed by atoms with Crippen molar-refractivity contribution in [3.8, 4) is 23.7 Å². The first-order chi connectivity index (χ1) is 30.8. The van der Waals surface area contributed by atoms with Crippen LogP contribution in [-0.4, -0.2) is 46.1 Å². The van der Waals surface area contributed by atoms with Crippen LogP contribution < -0.4 is 0 Å². The molecule has 0 N–H and O–H groups in total. The van der Waals surface area contributed by atoms with Gasteiger partial charge in [-0.25, -0.2) is 0 Å². The summed E-state index contributed by atoms with van der Waals surface area (Å²) in [6, 6.07) is 4.99. The molecule has 0 aromatic heterocycles. The number of hydrogen-bond acceptors (Lipinski definition) is 2. The Labute approximate surface area is 388 Å². The van der Waals surface area contributed by atoms with Crippen LogP contribution in [-0.2, 0) is 0 Å². The average Bonchev–Trinajstić information content (AvgIpc) is 3.64. The third-order valence-electron chi connectivity index (χ3n) is 17.8. The molecule has 0 aliphatic heterocycles. The maximum Gasteiger partial charge on any atom is 0.0213 e. The minimum Gasteiger partial charge on any atom is -0.294 e. The van der Waals surface area contributed by atoms with Crippen LogP contribution in [0.3, 0.4) is 0 Å². The van der Waals surface area contributed by atoms with Crippen LogP contribution in [0.5, 0.6) is 0 Å². The van der Waals surface area contributed by atoms with Crippen LogP contribution in [0, 0.1) is 35.5 Å². The molecule has 0 saturated heterocycles. The van der Waals surface area contributed by atoms with E-state index in [0.717, 1.165) is 36.3 Å². The van der Waals surface area contributed by atoms with Gasteiger partial charge in [0.05, 0.1) is 0 Å². The maximum absolute atomic E-state index is 3.80. The van der Waals surface area contributed by atoms with Gasteiger partial charge in [-0.2, -0.15) is 0 Å². The van der Waals surface area contributed by atoms with Crippen molar-refractivity contribution in [2.24, 2.45) is 11.8 Å². The van der Waals surface area contributed by atoms with Crippen LogP contribution in [0.15, 0.2) is 0 Å². The van der Waals surface area contributed by atoms with Crippen molar-refractivity contribution >= 4 is 0 Å². The highest BCUT2D eigenvalue weighted by atomic mass is 15.2. The zero-order valence-corrected chi connectivity index (χ0v) is 41.5. The molecular formula is C60H104N2. The molecule has 0 amide bonds. The number of rotatable bonds is 6. The normalized spacial score (nSPS) is 30.2. The van der Waals surface area contributed by atoms with Crippen LogP contribution in [0.2, 0.25) is 0 Å². The summed E-state index contributed by atoms with van der Waals surface area (Å²) >= 11 is 0. The Morgan fingerprint density at radius 2 is 0.339 bits per heavy atom. The lowest BCUT2D eigenvalue weighted by Gasteiger charge is -2.45. The van der Waals surface area contributed by atoms with Gasteiger partial charge in [0.1, 0.15) is 0 Å². The second kappa shape index (κ2) is 31.9. The Kier molecular flexibility index (Phi) is 25.9. The SMILES string of the molecule is C(C#CC1CCCCC(N(C2CCCCCCCCC2)C2CCCCCCCC2)CCC1)#CC1CCCCC(N(C2CCCCCCCCC2)C2CCCCCCCC2)CCC1. The van der Waals surface area contributed by atoms with Crippen LogP contribution >= 0.6 is 0 Å². The zero-order chi connectivity index (χ0) is 42.5. The Hall–Kier alpha value is -0.960. The molecule has 6 aliphatic rings. The third-order valence-corrected chi connectivity index (χ3v) is 17.8. The monoisotopic (exact) mass is 853 g/mol. The molecule has 6 saturated carbocycles. The van der Waals surface area contributed by atoms with E-state index in [1.54, 1.807) is 0 Å². The molecule has 4 atom stereocenters. The summed E-state index contributed by atoms with van der Waals surface area (Å²) in [4.78, 5) is 6.53. The highest BCUT2D eigenvalue weighted by Crippen LogP contribution is 2.36. The summed E-state index contributed by atoms with van der Waals surface area (Å²) in [6.45, 7) is 0. The van der Waals surface area contributed by atoms with Crippen molar-refractivity contribution in [1.29, 1.82) is 0 Å². The average molecular weight is 854 g/mol. The Morgan fingerprint density at radius 1 is 0.177 bits per heavy atom. The topological polar surface area (TPSA) is 6.48 Å². The first-order valence-electron chi connectivity index (χ1n) is 29.4. The molecule has 6 fully saturated rings. The van der Waals surface area contributed by atoms with E-state index < -0.39 is 0 Å². The van der Waals surface area contributed by atoms with Crippen molar-refractivity contribution in [2.75, 3.05) is 0 Å². The molecular weight excluding hydrogens is 749 g/mol. The predicted molar refractivity (Wildman–Crippen MR) is 271 cm³/mol. The van der Waals surface area contributed by atoms with Gasteiger partial charge in [-0.1, -0.05) is 217 Å². The van der Waals surface area contributed by atoms with Crippen LogP contribution in [0.4, 0.5) is 0 Å². The Morgan fingerprint density at radius 3 is 0.581 bits per heavy atom. The minimum atomic E-state index is 0.557. The molecule has 6 aliphatic carbocycles. The summed E-state index contributed by atoms with van der Waals surface area (Å²) in [5.41, 5.74) is 0. The van der Waals surface area contributed by atoms with Gasteiger partial charge >= 0.3 is 0 Å². The summed E-state index contributed by atoms with van der Waals surface area (Å²) in [5, 5.41) is 0.